The monoisotopic (exact) mass is 360 g/mol. The molecule has 0 aliphatic carbocycles. The standard InChI is InChI=1S/C13H17ClN4O2S2/c1-3-10-8-12(18-9(2)17-10)15-6-7-16-22(19,20)13-5-4-11(14)21-13/h4-5,8,16H,3,6-7H2,1-2H3,(H,15,17,18). The Morgan fingerprint density at radius 2 is 2.05 bits per heavy atom. The summed E-state index contributed by atoms with van der Waals surface area (Å²) >= 11 is 6.78. The maximum atomic E-state index is 12.0. The average Bonchev–Trinajstić information content (AvgIpc) is 2.90. The molecule has 9 heteroatoms. The Hall–Kier alpha value is -1.22. The molecular weight excluding hydrogens is 344 g/mol. The van der Waals surface area contributed by atoms with Crippen molar-refractivity contribution in [1.82, 2.24) is 14.7 Å². The third-order valence-corrected chi connectivity index (χ3v) is 5.97. The van der Waals surface area contributed by atoms with E-state index in [-0.39, 0.29) is 10.8 Å². The average molecular weight is 361 g/mol. The number of aryl methyl sites for hydroxylation is 2. The molecule has 0 bridgehead atoms. The number of hydrogen-bond donors (Lipinski definition) is 2. The van der Waals surface area contributed by atoms with Crippen molar-refractivity contribution in [2.45, 2.75) is 24.5 Å². The highest BCUT2D eigenvalue weighted by atomic mass is 35.5. The minimum Gasteiger partial charge on any atom is -0.369 e. The topological polar surface area (TPSA) is 84.0 Å². The maximum absolute atomic E-state index is 12.0. The highest BCUT2D eigenvalue weighted by Gasteiger charge is 2.15. The lowest BCUT2D eigenvalue weighted by Gasteiger charge is -2.08. The molecule has 0 aromatic carbocycles. The van der Waals surface area contributed by atoms with E-state index in [4.69, 9.17) is 11.6 Å². The molecule has 2 aromatic heterocycles. The van der Waals surface area contributed by atoms with E-state index < -0.39 is 10.0 Å². The molecule has 2 N–H and O–H groups in total. The van der Waals surface area contributed by atoms with Gasteiger partial charge in [-0.2, -0.15) is 0 Å². The molecule has 0 spiro atoms. The van der Waals surface area contributed by atoms with Crippen LogP contribution in [0.3, 0.4) is 0 Å². The van der Waals surface area contributed by atoms with Gasteiger partial charge in [0.05, 0.1) is 4.34 Å². The summed E-state index contributed by atoms with van der Waals surface area (Å²) in [7, 11) is -3.50. The normalized spacial score (nSPS) is 11.6. The third-order valence-electron chi connectivity index (χ3n) is 2.79. The Morgan fingerprint density at radius 3 is 2.68 bits per heavy atom. The summed E-state index contributed by atoms with van der Waals surface area (Å²) < 4.78 is 27.2. The molecular formula is C13H17ClN4O2S2. The smallest absolute Gasteiger partial charge is 0.250 e. The van der Waals surface area contributed by atoms with Gasteiger partial charge in [-0.15, -0.1) is 11.3 Å². The fraction of sp³-hybridized carbons (Fsp3) is 0.385. The second-order valence-corrected chi connectivity index (χ2v) is 8.24. The van der Waals surface area contributed by atoms with E-state index in [9.17, 15) is 8.42 Å². The predicted octanol–water partition coefficient (Wildman–Crippen LogP) is 2.45. The van der Waals surface area contributed by atoms with Gasteiger partial charge in [-0.05, 0) is 25.5 Å². The van der Waals surface area contributed by atoms with Gasteiger partial charge in [0.2, 0.25) is 10.0 Å². The molecule has 2 heterocycles. The molecule has 2 aromatic rings. The number of nitrogens with one attached hydrogen (secondary N) is 2. The van der Waals surface area contributed by atoms with Gasteiger partial charge >= 0.3 is 0 Å². The van der Waals surface area contributed by atoms with Gasteiger partial charge in [-0.25, -0.2) is 23.1 Å². The Labute approximate surface area is 139 Å². The van der Waals surface area contributed by atoms with Gasteiger partial charge in [0.25, 0.3) is 0 Å². The number of anilines is 1. The predicted molar refractivity (Wildman–Crippen MR) is 89.2 cm³/mol. The van der Waals surface area contributed by atoms with Crippen LogP contribution in [0.15, 0.2) is 22.4 Å². The molecule has 0 fully saturated rings. The Kier molecular flexibility index (Phi) is 5.74. The van der Waals surface area contributed by atoms with E-state index in [2.05, 4.69) is 20.0 Å². The van der Waals surface area contributed by atoms with Crippen LogP contribution in [-0.4, -0.2) is 31.5 Å². The first kappa shape index (κ1) is 17.1. The second-order valence-electron chi connectivity index (χ2n) is 4.53. The van der Waals surface area contributed by atoms with Crippen LogP contribution in [0.2, 0.25) is 4.34 Å². The Balaban J connectivity index is 1.88. The number of sulfonamides is 1. The van der Waals surface area contributed by atoms with Crippen LogP contribution in [0.25, 0.3) is 0 Å². The molecule has 0 saturated heterocycles. The molecule has 120 valence electrons. The number of hydrogen-bond acceptors (Lipinski definition) is 6. The van der Waals surface area contributed by atoms with Crippen molar-refractivity contribution in [2.75, 3.05) is 18.4 Å². The highest BCUT2D eigenvalue weighted by molar-refractivity contribution is 7.91. The summed E-state index contributed by atoms with van der Waals surface area (Å²) in [6.07, 6.45) is 0.823. The lowest BCUT2D eigenvalue weighted by Crippen LogP contribution is -2.28. The van der Waals surface area contributed by atoms with Crippen LogP contribution in [0.5, 0.6) is 0 Å². The van der Waals surface area contributed by atoms with E-state index in [0.29, 0.717) is 22.5 Å². The summed E-state index contributed by atoms with van der Waals surface area (Å²) in [5.41, 5.74) is 0.948. The zero-order valence-corrected chi connectivity index (χ0v) is 14.6. The number of thiophene rings is 1. The minimum absolute atomic E-state index is 0.212. The minimum atomic E-state index is -3.50. The van der Waals surface area contributed by atoms with Gasteiger partial charge in [-0.1, -0.05) is 18.5 Å². The molecule has 0 aliphatic heterocycles. The van der Waals surface area contributed by atoms with Crippen molar-refractivity contribution < 1.29 is 8.42 Å². The lowest BCUT2D eigenvalue weighted by molar-refractivity contribution is 0.585. The zero-order chi connectivity index (χ0) is 16.2. The molecule has 0 saturated carbocycles. The van der Waals surface area contributed by atoms with Crippen LogP contribution < -0.4 is 10.0 Å². The van der Waals surface area contributed by atoms with Crippen LogP contribution >= 0.6 is 22.9 Å². The Bertz CT molecular complexity index is 746. The van der Waals surface area contributed by atoms with Gasteiger partial charge < -0.3 is 5.32 Å². The van der Waals surface area contributed by atoms with E-state index in [1.807, 2.05) is 19.9 Å². The SMILES string of the molecule is CCc1cc(NCCNS(=O)(=O)c2ccc(Cl)s2)nc(C)n1. The molecule has 0 radical (unpaired) electrons. The summed E-state index contributed by atoms with van der Waals surface area (Å²) in [5.74, 6) is 1.39. The summed E-state index contributed by atoms with van der Waals surface area (Å²) in [5, 5.41) is 3.09. The summed E-state index contributed by atoms with van der Waals surface area (Å²) in [6.45, 7) is 4.53. The van der Waals surface area contributed by atoms with E-state index >= 15 is 0 Å². The quantitative estimate of drug-likeness (QED) is 0.741. The highest BCUT2D eigenvalue weighted by Crippen LogP contribution is 2.25. The number of rotatable bonds is 7. The fourth-order valence-electron chi connectivity index (χ4n) is 1.79. The zero-order valence-electron chi connectivity index (χ0n) is 12.3. The first-order valence-electron chi connectivity index (χ1n) is 6.74. The molecule has 6 nitrogen and oxygen atoms in total. The van der Waals surface area contributed by atoms with Gasteiger partial charge in [-0.3, -0.25) is 0 Å². The van der Waals surface area contributed by atoms with Crippen LogP contribution in [-0.2, 0) is 16.4 Å². The first-order valence-corrected chi connectivity index (χ1v) is 9.42. The first-order chi connectivity index (χ1) is 10.4. The Morgan fingerprint density at radius 1 is 1.27 bits per heavy atom. The summed E-state index contributed by atoms with van der Waals surface area (Å²) in [4.78, 5) is 8.55. The molecule has 22 heavy (non-hydrogen) atoms. The lowest BCUT2D eigenvalue weighted by atomic mass is 10.3. The van der Waals surface area contributed by atoms with E-state index in [1.54, 1.807) is 6.07 Å². The molecule has 0 amide bonds. The summed E-state index contributed by atoms with van der Waals surface area (Å²) in [6, 6.07) is 4.92. The van der Waals surface area contributed by atoms with Crippen LogP contribution in [0, 0.1) is 6.92 Å². The van der Waals surface area contributed by atoms with Crippen molar-refractivity contribution in [3.8, 4) is 0 Å². The fourth-order valence-corrected chi connectivity index (χ4v) is 4.35. The largest absolute Gasteiger partial charge is 0.369 e. The number of aromatic nitrogens is 2. The van der Waals surface area contributed by atoms with Crippen molar-refractivity contribution in [1.29, 1.82) is 0 Å². The van der Waals surface area contributed by atoms with E-state index in [1.165, 1.54) is 6.07 Å². The van der Waals surface area contributed by atoms with Crippen molar-refractivity contribution in [3.63, 3.8) is 0 Å². The number of halogens is 1. The molecule has 0 atom stereocenters. The van der Waals surface area contributed by atoms with Gasteiger partial charge in [0.1, 0.15) is 15.9 Å². The van der Waals surface area contributed by atoms with E-state index in [0.717, 1.165) is 23.5 Å². The van der Waals surface area contributed by atoms with Crippen molar-refractivity contribution >= 4 is 38.8 Å². The second kappa shape index (κ2) is 7.36. The van der Waals surface area contributed by atoms with Crippen molar-refractivity contribution in [2.24, 2.45) is 0 Å². The van der Waals surface area contributed by atoms with Gasteiger partial charge in [0.15, 0.2) is 0 Å². The van der Waals surface area contributed by atoms with Crippen LogP contribution in [0.4, 0.5) is 5.82 Å². The molecule has 0 unspecified atom stereocenters. The van der Waals surface area contributed by atoms with Crippen molar-refractivity contribution in [3.05, 3.63) is 34.1 Å². The van der Waals surface area contributed by atoms with Crippen LogP contribution in [0.1, 0.15) is 18.4 Å². The molecule has 0 aliphatic rings. The molecule has 2 rings (SSSR count). The maximum Gasteiger partial charge on any atom is 0.250 e. The van der Waals surface area contributed by atoms with Gasteiger partial charge in [0, 0.05) is 24.8 Å². The number of nitrogens with zero attached hydrogens (tertiary/aromatic N) is 2. The third kappa shape index (κ3) is 4.64.